The quantitative estimate of drug-likeness (QED) is 0.540. The van der Waals surface area contributed by atoms with Crippen LogP contribution in [0.15, 0.2) is 54.4 Å². The lowest BCUT2D eigenvalue weighted by atomic mass is 9.91. The third-order valence-electron chi connectivity index (χ3n) is 5.27. The molecule has 0 unspecified atom stereocenters. The Labute approximate surface area is 169 Å². The Balaban J connectivity index is 1.74. The Kier molecular flexibility index (Phi) is 4.75. The molecule has 0 spiro atoms. The Bertz CT molecular complexity index is 1080. The summed E-state index contributed by atoms with van der Waals surface area (Å²) in [5.41, 5.74) is 6.84. The van der Waals surface area contributed by atoms with Crippen LogP contribution in [0.25, 0.3) is 16.5 Å². The fourth-order valence-electron chi connectivity index (χ4n) is 3.75. The molecule has 0 atom stereocenters. The molecule has 1 aromatic carbocycles. The number of rotatable bonds is 2. The van der Waals surface area contributed by atoms with Gasteiger partial charge in [-0.15, -0.1) is 0 Å². The Hall–Kier alpha value is -2.23. The number of hydrogen-bond donors (Lipinski definition) is 1. The van der Waals surface area contributed by atoms with Crippen LogP contribution in [-0.4, -0.2) is 23.1 Å². The van der Waals surface area contributed by atoms with E-state index < -0.39 is 0 Å². The Morgan fingerprint density at radius 3 is 2.85 bits per heavy atom. The smallest absolute Gasteiger partial charge is 0.131 e. The maximum absolute atomic E-state index is 6.47. The van der Waals surface area contributed by atoms with Crippen molar-refractivity contribution in [3.63, 3.8) is 0 Å². The third-order valence-corrected chi connectivity index (χ3v) is 5.78. The number of halogens is 2. The van der Waals surface area contributed by atoms with Crippen molar-refractivity contribution in [2.45, 2.75) is 20.3 Å². The van der Waals surface area contributed by atoms with Crippen molar-refractivity contribution in [2.75, 3.05) is 18.0 Å². The molecule has 4 rings (SSSR count). The predicted molar refractivity (Wildman–Crippen MR) is 116 cm³/mol. The van der Waals surface area contributed by atoms with Crippen LogP contribution in [0.1, 0.15) is 24.5 Å². The van der Waals surface area contributed by atoms with Gasteiger partial charge in [-0.2, -0.15) is 0 Å². The molecule has 3 aromatic rings. The number of piperidine rings is 1. The largest absolute Gasteiger partial charge is 0.360 e. The molecule has 1 fully saturated rings. The Morgan fingerprint density at radius 1 is 1.26 bits per heavy atom. The molecule has 1 aliphatic rings. The summed E-state index contributed by atoms with van der Waals surface area (Å²) in [6.07, 6.45) is 4.54. The predicted octanol–water partition coefficient (Wildman–Crippen LogP) is 6.42. The van der Waals surface area contributed by atoms with Gasteiger partial charge in [0.2, 0.25) is 0 Å². The number of benzene rings is 1. The molecule has 138 valence electrons. The second-order valence-corrected chi connectivity index (χ2v) is 7.92. The number of fused-ring (bicyclic) bond motifs is 1. The van der Waals surface area contributed by atoms with Gasteiger partial charge in [-0.25, -0.2) is 4.98 Å². The normalized spacial score (nSPS) is 16.9. The summed E-state index contributed by atoms with van der Waals surface area (Å²) in [7, 11) is 0. The van der Waals surface area contributed by atoms with Crippen molar-refractivity contribution in [1.82, 2.24) is 9.97 Å². The van der Waals surface area contributed by atoms with Crippen LogP contribution < -0.4 is 4.90 Å². The molecule has 5 heteroatoms. The summed E-state index contributed by atoms with van der Waals surface area (Å²) in [6, 6.07) is 8.22. The van der Waals surface area contributed by atoms with Gasteiger partial charge < -0.3 is 9.88 Å². The van der Waals surface area contributed by atoms with Gasteiger partial charge >= 0.3 is 0 Å². The van der Waals surface area contributed by atoms with Crippen molar-refractivity contribution in [3.8, 4) is 0 Å². The van der Waals surface area contributed by atoms with Gasteiger partial charge in [-0.1, -0.05) is 29.8 Å². The first kappa shape index (κ1) is 18.1. The van der Waals surface area contributed by atoms with E-state index in [1.54, 1.807) is 6.20 Å². The highest BCUT2D eigenvalue weighted by atomic mass is 35.5. The lowest BCUT2D eigenvalue weighted by Gasteiger charge is -2.33. The number of hydrogen-bond acceptors (Lipinski definition) is 2. The van der Waals surface area contributed by atoms with Gasteiger partial charge in [0, 0.05) is 30.9 Å². The monoisotopic (exact) mass is 397 g/mol. The van der Waals surface area contributed by atoms with E-state index in [1.807, 2.05) is 31.3 Å². The maximum atomic E-state index is 6.47. The molecular weight excluding hydrogens is 377 g/mol. The fraction of sp³-hybridized carbons (Fsp3) is 0.227. The van der Waals surface area contributed by atoms with E-state index in [9.17, 15) is 0 Å². The summed E-state index contributed by atoms with van der Waals surface area (Å²) in [6.45, 7) is 10.2. The highest BCUT2D eigenvalue weighted by molar-refractivity contribution is 6.35. The molecule has 1 aliphatic heterocycles. The van der Waals surface area contributed by atoms with E-state index in [0.29, 0.717) is 5.02 Å². The van der Waals surface area contributed by atoms with Crippen LogP contribution in [0, 0.1) is 6.92 Å². The van der Waals surface area contributed by atoms with Crippen LogP contribution in [0.5, 0.6) is 0 Å². The van der Waals surface area contributed by atoms with E-state index in [0.717, 1.165) is 52.4 Å². The number of allylic oxidation sites excluding steroid dienone is 1. The van der Waals surface area contributed by atoms with Gasteiger partial charge in [0.05, 0.1) is 15.6 Å². The molecule has 1 N–H and O–H groups in total. The number of pyridine rings is 1. The minimum Gasteiger partial charge on any atom is -0.360 e. The number of nitrogens with one attached hydrogen (secondary N) is 1. The van der Waals surface area contributed by atoms with E-state index in [2.05, 4.69) is 34.4 Å². The zero-order valence-corrected chi connectivity index (χ0v) is 17.0. The summed E-state index contributed by atoms with van der Waals surface area (Å²) >= 11 is 12.5. The van der Waals surface area contributed by atoms with Crippen LogP contribution >= 0.6 is 23.2 Å². The van der Waals surface area contributed by atoms with Gasteiger partial charge in [0.25, 0.3) is 0 Å². The molecule has 27 heavy (non-hydrogen) atoms. The average molecular weight is 398 g/mol. The number of H-pyrrole nitrogens is 1. The van der Waals surface area contributed by atoms with E-state index in [-0.39, 0.29) is 0 Å². The summed E-state index contributed by atoms with van der Waals surface area (Å²) in [5.74, 6) is 0.983. The van der Waals surface area contributed by atoms with Gasteiger partial charge in [0.1, 0.15) is 5.82 Å². The lowest BCUT2D eigenvalue weighted by Crippen LogP contribution is -2.33. The molecule has 3 heterocycles. The van der Waals surface area contributed by atoms with Gasteiger partial charge in [-0.3, -0.25) is 0 Å². The SMILES string of the molecule is C=C1CCN(c2ncc(Cl)cc2C)C/C1=C(/C)c1cc(Cl)c2[nH]ccc2c1. The molecule has 0 saturated carbocycles. The van der Waals surface area contributed by atoms with Crippen LogP contribution in [0.3, 0.4) is 0 Å². The highest BCUT2D eigenvalue weighted by Crippen LogP contribution is 2.34. The van der Waals surface area contributed by atoms with Crippen molar-refractivity contribution in [1.29, 1.82) is 0 Å². The minimum absolute atomic E-state index is 0.666. The standard InChI is InChI=1S/C22H21Cl2N3/c1-13-5-7-27(22-14(2)8-18(23)11-26-22)12-19(13)15(3)17-9-16-4-6-25-21(16)20(24)10-17/h4,6,8-11,25H,1,5,7,12H2,2-3H3/b19-15+. The van der Waals surface area contributed by atoms with Crippen molar-refractivity contribution in [3.05, 3.63) is 75.6 Å². The molecule has 0 aliphatic carbocycles. The summed E-state index contributed by atoms with van der Waals surface area (Å²) in [5, 5.41) is 2.52. The lowest BCUT2D eigenvalue weighted by molar-refractivity contribution is 0.755. The average Bonchev–Trinajstić information content (AvgIpc) is 3.11. The topological polar surface area (TPSA) is 31.9 Å². The van der Waals surface area contributed by atoms with Crippen LogP contribution in [-0.2, 0) is 0 Å². The fourth-order valence-corrected chi connectivity index (χ4v) is 4.24. The zero-order chi connectivity index (χ0) is 19.1. The molecule has 2 aromatic heterocycles. The number of aromatic amines is 1. The first-order valence-electron chi connectivity index (χ1n) is 8.96. The maximum Gasteiger partial charge on any atom is 0.131 e. The molecule has 3 nitrogen and oxygen atoms in total. The van der Waals surface area contributed by atoms with Crippen molar-refractivity contribution >= 4 is 45.5 Å². The number of aromatic nitrogens is 2. The van der Waals surface area contributed by atoms with E-state index >= 15 is 0 Å². The molecular formula is C22H21Cl2N3. The summed E-state index contributed by atoms with van der Waals surface area (Å²) < 4.78 is 0. The second-order valence-electron chi connectivity index (χ2n) is 7.07. The van der Waals surface area contributed by atoms with Crippen molar-refractivity contribution < 1.29 is 0 Å². The first-order chi connectivity index (χ1) is 12.9. The number of nitrogens with zero attached hydrogens (tertiary/aromatic N) is 2. The van der Waals surface area contributed by atoms with Crippen LogP contribution in [0.4, 0.5) is 5.82 Å². The second kappa shape index (κ2) is 7.06. The molecule has 0 radical (unpaired) electrons. The highest BCUT2D eigenvalue weighted by Gasteiger charge is 2.22. The Morgan fingerprint density at radius 2 is 2.07 bits per heavy atom. The summed E-state index contributed by atoms with van der Waals surface area (Å²) in [4.78, 5) is 10.0. The first-order valence-corrected chi connectivity index (χ1v) is 9.71. The number of aryl methyl sites for hydroxylation is 1. The molecule has 0 amide bonds. The molecule has 0 bridgehead atoms. The molecule has 1 saturated heterocycles. The van der Waals surface area contributed by atoms with Gasteiger partial charge in [-0.05, 0) is 72.4 Å². The zero-order valence-electron chi connectivity index (χ0n) is 15.4. The van der Waals surface area contributed by atoms with Crippen LogP contribution in [0.2, 0.25) is 10.0 Å². The minimum atomic E-state index is 0.666. The van der Waals surface area contributed by atoms with Crippen molar-refractivity contribution in [2.24, 2.45) is 0 Å². The van der Waals surface area contributed by atoms with E-state index in [4.69, 9.17) is 23.2 Å². The van der Waals surface area contributed by atoms with E-state index in [1.165, 1.54) is 16.7 Å². The third kappa shape index (κ3) is 3.38. The number of anilines is 1. The van der Waals surface area contributed by atoms with Gasteiger partial charge in [0.15, 0.2) is 0 Å².